The van der Waals surface area contributed by atoms with Gasteiger partial charge in [-0.05, 0) is 30.5 Å². The molecule has 136 valence electrons. The fraction of sp³-hybridized carbons (Fsp3) is 0.478. The zero-order valence-corrected chi connectivity index (χ0v) is 15.5. The van der Waals surface area contributed by atoms with E-state index in [-0.39, 0.29) is 0 Å². The molecule has 3 fully saturated rings. The molecule has 3 saturated heterocycles. The van der Waals surface area contributed by atoms with Crippen molar-refractivity contribution >= 4 is 0 Å². The maximum absolute atomic E-state index is 2.77. The predicted molar refractivity (Wildman–Crippen MR) is 106 cm³/mol. The van der Waals surface area contributed by atoms with Gasteiger partial charge >= 0.3 is 0 Å². The Kier molecular flexibility index (Phi) is 4.53. The number of benzene rings is 2. The van der Waals surface area contributed by atoms with Gasteiger partial charge in [-0.2, -0.15) is 0 Å². The van der Waals surface area contributed by atoms with E-state index in [0.29, 0.717) is 6.04 Å². The Morgan fingerprint density at radius 2 is 1.27 bits per heavy atom. The van der Waals surface area contributed by atoms with E-state index in [0.717, 1.165) is 12.1 Å². The van der Waals surface area contributed by atoms with Crippen LogP contribution in [0.5, 0.6) is 0 Å². The minimum Gasteiger partial charge on any atom is -0.298 e. The van der Waals surface area contributed by atoms with Crippen molar-refractivity contribution in [3.05, 3.63) is 71.8 Å². The molecule has 2 aromatic carbocycles. The summed E-state index contributed by atoms with van der Waals surface area (Å²) in [6.45, 7) is 7.56. The van der Waals surface area contributed by atoms with Gasteiger partial charge < -0.3 is 0 Å². The Labute approximate surface area is 157 Å². The van der Waals surface area contributed by atoms with Gasteiger partial charge in [0, 0.05) is 44.8 Å². The van der Waals surface area contributed by atoms with Gasteiger partial charge in [0.05, 0.1) is 6.04 Å². The molecule has 26 heavy (non-hydrogen) atoms. The van der Waals surface area contributed by atoms with Gasteiger partial charge in [0.25, 0.3) is 0 Å². The number of hydrogen-bond donors (Lipinski definition) is 0. The Morgan fingerprint density at radius 3 is 1.92 bits per heavy atom. The molecule has 0 aliphatic carbocycles. The molecule has 3 aliphatic rings. The minimum atomic E-state index is 0.390. The fourth-order valence-electron chi connectivity index (χ4n) is 5.16. The van der Waals surface area contributed by atoms with Crippen LogP contribution in [0.1, 0.15) is 30.0 Å². The second kappa shape index (κ2) is 7.15. The highest BCUT2D eigenvalue weighted by molar-refractivity contribution is 5.32. The summed E-state index contributed by atoms with van der Waals surface area (Å²) >= 11 is 0. The lowest BCUT2D eigenvalue weighted by Gasteiger charge is -2.52. The first kappa shape index (κ1) is 16.5. The molecule has 3 heterocycles. The molecule has 0 saturated carbocycles. The summed E-state index contributed by atoms with van der Waals surface area (Å²) in [5.74, 6) is 0. The summed E-state index contributed by atoms with van der Waals surface area (Å²) in [5, 5.41) is 0. The second-order valence-corrected chi connectivity index (χ2v) is 8.16. The van der Waals surface area contributed by atoms with E-state index in [1.165, 1.54) is 63.2 Å². The van der Waals surface area contributed by atoms with Crippen LogP contribution in [0.4, 0.5) is 0 Å². The molecule has 0 amide bonds. The van der Waals surface area contributed by atoms with Crippen molar-refractivity contribution in [3.63, 3.8) is 0 Å². The summed E-state index contributed by atoms with van der Waals surface area (Å²) < 4.78 is 0. The van der Waals surface area contributed by atoms with Crippen molar-refractivity contribution in [1.29, 1.82) is 0 Å². The fourth-order valence-corrected chi connectivity index (χ4v) is 5.16. The predicted octanol–water partition coefficient (Wildman–Crippen LogP) is 3.24. The van der Waals surface area contributed by atoms with Crippen LogP contribution in [0, 0.1) is 0 Å². The van der Waals surface area contributed by atoms with E-state index < -0.39 is 0 Å². The first-order chi connectivity index (χ1) is 12.9. The summed E-state index contributed by atoms with van der Waals surface area (Å²) in [6.07, 6.45) is 2.81. The first-order valence-corrected chi connectivity index (χ1v) is 10.2. The zero-order chi connectivity index (χ0) is 17.3. The number of rotatable bonds is 4. The molecular formula is C23H29N3. The molecule has 5 rings (SSSR count). The molecule has 3 nitrogen and oxygen atoms in total. The van der Waals surface area contributed by atoms with E-state index in [1.807, 2.05) is 0 Å². The lowest BCUT2D eigenvalue weighted by Crippen LogP contribution is -2.64. The average molecular weight is 348 g/mol. The number of piperazine rings is 1. The molecule has 0 bridgehead atoms. The van der Waals surface area contributed by atoms with Crippen molar-refractivity contribution < 1.29 is 0 Å². The van der Waals surface area contributed by atoms with Crippen LogP contribution in [-0.2, 0) is 0 Å². The molecule has 2 aromatic rings. The maximum atomic E-state index is 2.77. The third-order valence-corrected chi connectivity index (χ3v) is 6.62. The van der Waals surface area contributed by atoms with Crippen molar-refractivity contribution in [1.82, 2.24) is 14.7 Å². The van der Waals surface area contributed by atoms with Crippen molar-refractivity contribution in [2.24, 2.45) is 0 Å². The first-order valence-electron chi connectivity index (χ1n) is 10.2. The Bertz CT molecular complexity index is 671. The van der Waals surface area contributed by atoms with Crippen molar-refractivity contribution in [2.45, 2.75) is 31.0 Å². The largest absolute Gasteiger partial charge is 0.298 e. The lowest BCUT2D eigenvalue weighted by molar-refractivity contribution is -0.0191. The molecular weight excluding hydrogens is 318 g/mol. The normalized spacial score (nSPS) is 25.3. The van der Waals surface area contributed by atoms with Crippen LogP contribution in [0.15, 0.2) is 60.7 Å². The van der Waals surface area contributed by atoms with Gasteiger partial charge in [-0.25, -0.2) is 0 Å². The monoisotopic (exact) mass is 347 g/mol. The third-order valence-electron chi connectivity index (χ3n) is 6.62. The van der Waals surface area contributed by atoms with Gasteiger partial charge in [-0.15, -0.1) is 0 Å². The summed E-state index contributed by atoms with van der Waals surface area (Å²) in [7, 11) is 0. The molecule has 1 atom stereocenters. The zero-order valence-electron chi connectivity index (χ0n) is 15.5. The van der Waals surface area contributed by atoms with Crippen LogP contribution >= 0.6 is 0 Å². The quantitative estimate of drug-likeness (QED) is 0.841. The second-order valence-electron chi connectivity index (χ2n) is 8.16. The molecule has 0 radical (unpaired) electrons. The van der Waals surface area contributed by atoms with Crippen molar-refractivity contribution in [3.8, 4) is 0 Å². The number of nitrogens with zero attached hydrogens (tertiary/aromatic N) is 3. The Hall–Kier alpha value is -1.68. The number of likely N-dealkylation sites (tertiary alicyclic amines) is 1. The molecule has 3 aliphatic heterocycles. The SMILES string of the molecule is c1ccc(C(c2ccccc2)N2CC(N3CCN4CCC[C@H]4C3)C2)cc1. The summed E-state index contributed by atoms with van der Waals surface area (Å²) in [6, 6.07) is 24.0. The highest BCUT2D eigenvalue weighted by atomic mass is 15.4. The van der Waals surface area contributed by atoms with Gasteiger partial charge in [0.1, 0.15) is 0 Å². The highest BCUT2D eigenvalue weighted by Crippen LogP contribution is 2.34. The van der Waals surface area contributed by atoms with E-state index in [9.17, 15) is 0 Å². The molecule has 0 aromatic heterocycles. The van der Waals surface area contributed by atoms with E-state index in [1.54, 1.807) is 0 Å². The molecule has 0 spiro atoms. The topological polar surface area (TPSA) is 9.72 Å². The van der Waals surface area contributed by atoms with E-state index in [4.69, 9.17) is 0 Å². The van der Waals surface area contributed by atoms with Gasteiger partial charge in [-0.1, -0.05) is 60.7 Å². The van der Waals surface area contributed by atoms with E-state index in [2.05, 4.69) is 75.4 Å². The average Bonchev–Trinajstić information content (AvgIpc) is 3.13. The van der Waals surface area contributed by atoms with Crippen LogP contribution in [0.25, 0.3) is 0 Å². The van der Waals surface area contributed by atoms with Crippen LogP contribution in [0.3, 0.4) is 0 Å². The standard InChI is InChI=1S/C23H29N3/c1-3-8-19(9-4-1)23(20-10-5-2-6-11-20)26-17-22(18-26)25-15-14-24-13-7-12-21(24)16-25/h1-6,8-11,21-23H,7,12-18H2/t21-/m0/s1. The van der Waals surface area contributed by atoms with Gasteiger partial charge in [0.2, 0.25) is 0 Å². The smallest absolute Gasteiger partial charge is 0.0602 e. The summed E-state index contributed by atoms with van der Waals surface area (Å²) in [4.78, 5) is 8.15. The van der Waals surface area contributed by atoms with Crippen LogP contribution < -0.4 is 0 Å². The lowest BCUT2D eigenvalue weighted by atomic mass is 9.92. The van der Waals surface area contributed by atoms with Crippen LogP contribution in [0.2, 0.25) is 0 Å². The third kappa shape index (κ3) is 3.09. The summed E-state index contributed by atoms with van der Waals surface area (Å²) in [5.41, 5.74) is 2.83. The molecule has 3 heteroatoms. The number of fused-ring (bicyclic) bond motifs is 1. The van der Waals surface area contributed by atoms with Crippen LogP contribution in [-0.4, -0.2) is 66.1 Å². The van der Waals surface area contributed by atoms with Crippen molar-refractivity contribution in [2.75, 3.05) is 39.3 Å². The van der Waals surface area contributed by atoms with Gasteiger partial charge in [0.15, 0.2) is 0 Å². The highest BCUT2D eigenvalue weighted by Gasteiger charge is 2.40. The minimum absolute atomic E-state index is 0.390. The van der Waals surface area contributed by atoms with Gasteiger partial charge in [-0.3, -0.25) is 14.7 Å². The Balaban J connectivity index is 1.29. The molecule has 0 N–H and O–H groups in total. The maximum Gasteiger partial charge on any atom is 0.0602 e. The number of hydrogen-bond acceptors (Lipinski definition) is 3. The van der Waals surface area contributed by atoms with E-state index >= 15 is 0 Å². The molecule has 0 unspecified atom stereocenters. The Morgan fingerprint density at radius 1 is 0.654 bits per heavy atom.